The number of anilines is 2. The maximum absolute atomic E-state index is 12.6. The Kier molecular flexibility index (Phi) is 4.26. The van der Waals surface area contributed by atoms with Gasteiger partial charge in [-0.1, -0.05) is 12.1 Å². The minimum atomic E-state index is -3.62. The van der Waals surface area contributed by atoms with Gasteiger partial charge in [-0.05, 0) is 56.0 Å². The highest BCUT2D eigenvalue weighted by Gasteiger charge is 2.18. The van der Waals surface area contributed by atoms with E-state index < -0.39 is 10.0 Å². The number of pyridine rings is 1. The van der Waals surface area contributed by atoms with Crippen molar-refractivity contribution >= 4 is 21.5 Å². The van der Waals surface area contributed by atoms with Crippen molar-refractivity contribution in [1.82, 2.24) is 4.98 Å². The molecule has 1 fully saturated rings. The number of rotatable bonds is 4. The van der Waals surface area contributed by atoms with Gasteiger partial charge in [0.15, 0.2) is 0 Å². The van der Waals surface area contributed by atoms with Gasteiger partial charge in [-0.3, -0.25) is 4.72 Å². The van der Waals surface area contributed by atoms with Crippen LogP contribution in [-0.2, 0) is 10.0 Å². The fraction of sp³-hybridized carbons (Fsp3) is 0.353. The summed E-state index contributed by atoms with van der Waals surface area (Å²) in [5.74, 6) is 0.342. The molecule has 122 valence electrons. The van der Waals surface area contributed by atoms with E-state index in [-0.39, 0.29) is 0 Å². The van der Waals surface area contributed by atoms with E-state index in [2.05, 4.69) is 14.6 Å². The van der Waals surface area contributed by atoms with Gasteiger partial charge in [0.05, 0.1) is 16.8 Å². The molecule has 0 aliphatic carbocycles. The predicted molar refractivity (Wildman–Crippen MR) is 92.4 cm³/mol. The van der Waals surface area contributed by atoms with Crippen molar-refractivity contribution in [2.24, 2.45) is 0 Å². The smallest absolute Gasteiger partial charge is 0.263 e. The van der Waals surface area contributed by atoms with Crippen LogP contribution in [0.2, 0.25) is 0 Å². The topological polar surface area (TPSA) is 62.3 Å². The molecule has 5 nitrogen and oxygen atoms in total. The lowest BCUT2D eigenvalue weighted by Gasteiger charge is -2.17. The van der Waals surface area contributed by atoms with Crippen LogP contribution in [0.4, 0.5) is 11.5 Å². The molecule has 1 N–H and O–H groups in total. The first-order valence-electron chi connectivity index (χ1n) is 7.77. The van der Waals surface area contributed by atoms with Crippen LogP contribution in [0.25, 0.3) is 0 Å². The van der Waals surface area contributed by atoms with E-state index >= 15 is 0 Å². The van der Waals surface area contributed by atoms with Crippen molar-refractivity contribution in [2.75, 3.05) is 22.7 Å². The Morgan fingerprint density at radius 1 is 1.09 bits per heavy atom. The van der Waals surface area contributed by atoms with Crippen LogP contribution in [0.5, 0.6) is 0 Å². The fourth-order valence-electron chi connectivity index (χ4n) is 2.80. The zero-order valence-corrected chi connectivity index (χ0v) is 14.2. The molecule has 0 radical (unpaired) electrons. The van der Waals surface area contributed by atoms with Gasteiger partial charge in [0, 0.05) is 13.1 Å². The Labute approximate surface area is 137 Å². The average molecular weight is 331 g/mol. The Hall–Kier alpha value is -2.08. The molecule has 0 bridgehead atoms. The summed E-state index contributed by atoms with van der Waals surface area (Å²) in [6.07, 6.45) is 4.12. The van der Waals surface area contributed by atoms with E-state index in [1.165, 1.54) is 12.8 Å². The molecule has 0 spiro atoms. The third kappa shape index (κ3) is 3.47. The van der Waals surface area contributed by atoms with Gasteiger partial charge in [-0.25, -0.2) is 13.4 Å². The maximum Gasteiger partial charge on any atom is 0.263 e. The van der Waals surface area contributed by atoms with Crippen LogP contribution in [0.1, 0.15) is 24.0 Å². The molecular formula is C17H21N3O2S. The Bertz CT molecular complexity index is 795. The number of aromatic nitrogens is 1. The van der Waals surface area contributed by atoms with Gasteiger partial charge in [-0.2, -0.15) is 0 Å². The molecular weight excluding hydrogens is 310 g/mol. The predicted octanol–water partition coefficient (Wildman–Crippen LogP) is 3.10. The number of nitrogens with one attached hydrogen (secondary N) is 1. The minimum absolute atomic E-state index is 0.294. The number of benzene rings is 1. The van der Waals surface area contributed by atoms with Crippen LogP contribution in [-0.4, -0.2) is 26.5 Å². The molecule has 1 aromatic heterocycles. The maximum atomic E-state index is 12.6. The van der Waals surface area contributed by atoms with Gasteiger partial charge in [0.2, 0.25) is 0 Å². The summed E-state index contributed by atoms with van der Waals surface area (Å²) in [7, 11) is -3.62. The first kappa shape index (κ1) is 15.8. The Balaban J connectivity index is 1.81. The lowest BCUT2D eigenvalue weighted by Crippen LogP contribution is -2.18. The van der Waals surface area contributed by atoms with Crippen molar-refractivity contribution in [2.45, 2.75) is 31.6 Å². The molecule has 0 atom stereocenters. The van der Waals surface area contributed by atoms with Crippen molar-refractivity contribution in [3.8, 4) is 0 Å². The molecule has 3 rings (SSSR count). The quantitative estimate of drug-likeness (QED) is 0.935. The summed E-state index contributed by atoms with van der Waals surface area (Å²) in [4.78, 5) is 6.81. The summed E-state index contributed by atoms with van der Waals surface area (Å²) in [6.45, 7) is 5.74. The third-order valence-corrected chi connectivity index (χ3v) is 5.59. The summed E-state index contributed by atoms with van der Waals surface area (Å²) in [6, 6.07) is 9.02. The molecule has 0 saturated carbocycles. The lowest BCUT2D eigenvalue weighted by molar-refractivity contribution is 0.600. The number of nitrogens with zero attached hydrogens (tertiary/aromatic N) is 2. The highest BCUT2D eigenvalue weighted by atomic mass is 32.2. The first-order chi connectivity index (χ1) is 11.0. The monoisotopic (exact) mass is 331 g/mol. The zero-order chi connectivity index (χ0) is 16.4. The van der Waals surface area contributed by atoms with Crippen molar-refractivity contribution in [3.63, 3.8) is 0 Å². The number of hydrogen-bond donors (Lipinski definition) is 1. The molecule has 0 amide bonds. The molecule has 0 unspecified atom stereocenters. The second-order valence-electron chi connectivity index (χ2n) is 5.97. The average Bonchev–Trinajstić information content (AvgIpc) is 3.04. The van der Waals surface area contributed by atoms with E-state index in [4.69, 9.17) is 0 Å². The van der Waals surface area contributed by atoms with Gasteiger partial charge >= 0.3 is 0 Å². The zero-order valence-electron chi connectivity index (χ0n) is 13.4. The second kappa shape index (κ2) is 6.20. The van der Waals surface area contributed by atoms with Crippen LogP contribution >= 0.6 is 0 Å². The highest BCUT2D eigenvalue weighted by Crippen LogP contribution is 2.23. The van der Waals surface area contributed by atoms with Gasteiger partial charge < -0.3 is 4.90 Å². The van der Waals surface area contributed by atoms with E-state index in [1.54, 1.807) is 25.3 Å². The van der Waals surface area contributed by atoms with Crippen LogP contribution in [0, 0.1) is 13.8 Å². The molecule has 23 heavy (non-hydrogen) atoms. The summed E-state index contributed by atoms with van der Waals surface area (Å²) < 4.78 is 27.7. The molecule has 2 aromatic rings. The fourth-order valence-corrected chi connectivity index (χ4v) is 4.14. The van der Waals surface area contributed by atoms with Crippen LogP contribution < -0.4 is 9.62 Å². The van der Waals surface area contributed by atoms with Crippen LogP contribution in [0.15, 0.2) is 41.4 Å². The van der Waals surface area contributed by atoms with Crippen molar-refractivity contribution in [1.29, 1.82) is 0 Å². The highest BCUT2D eigenvalue weighted by molar-refractivity contribution is 7.92. The third-order valence-electron chi connectivity index (χ3n) is 4.09. The summed E-state index contributed by atoms with van der Waals surface area (Å²) in [5, 5.41) is 0. The summed E-state index contributed by atoms with van der Waals surface area (Å²) in [5.41, 5.74) is 2.67. The van der Waals surface area contributed by atoms with Gasteiger partial charge in [0.25, 0.3) is 10.0 Å². The van der Waals surface area contributed by atoms with E-state index in [0.717, 1.165) is 29.9 Å². The van der Waals surface area contributed by atoms with E-state index in [1.807, 2.05) is 25.1 Å². The van der Waals surface area contributed by atoms with E-state index in [0.29, 0.717) is 10.7 Å². The van der Waals surface area contributed by atoms with Gasteiger partial charge in [-0.15, -0.1) is 0 Å². The standard InChI is InChI=1S/C17H21N3O2S/c1-13-5-6-14(2)16(11-13)23(21,22)19-17-8-7-15(12-18-17)20-9-3-4-10-20/h5-8,11-12H,3-4,9-10H2,1-2H3,(H,18,19). The second-order valence-corrected chi connectivity index (χ2v) is 7.62. The SMILES string of the molecule is Cc1ccc(C)c(S(=O)(=O)Nc2ccc(N3CCCC3)cn2)c1. The normalized spacial score (nSPS) is 15.0. The Morgan fingerprint density at radius 2 is 1.83 bits per heavy atom. The molecule has 1 saturated heterocycles. The Morgan fingerprint density at radius 3 is 2.48 bits per heavy atom. The molecule has 1 aliphatic rings. The molecule has 1 aromatic carbocycles. The number of aryl methyl sites for hydroxylation is 2. The summed E-state index contributed by atoms with van der Waals surface area (Å²) >= 11 is 0. The minimum Gasteiger partial charge on any atom is -0.370 e. The molecule has 6 heteroatoms. The first-order valence-corrected chi connectivity index (χ1v) is 9.25. The van der Waals surface area contributed by atoms with Gasteiger partial charge in [0.1, 0.15) is 5.82 Å². The van der Waals surface area contributed by atoms with Crippen molar-refractivity contribution in [3.05, 3.63) is 47.7 Å². The number of sulfonamides is 1. The lowest BCUT2D eigenvalue weighted by atomic mass is 10.2. The largest absolute Gasteiger partial charge is 0.370 e. The molecule has 1 aliphatic heterocycles. The van der Waals surface area contributed by atoms with E-state index in [9.17, 15) is 8.42 Å². The molecule has 2 heterocycles. The van der Waals surface area contributed by atoms with Crippen LogP contribution in [0.3, 0.4) is 0 Å². The number of hydrogen-bond acceptors (Lipinski definition) is 4. The van der Waals surface area contributed by atoms with Crippen molar-refractivity contribution < 1.29 is 8.42 Å².